The molecule has 172 valence electrons. The summed E-state index contributed by atoms with van der Waals surface area (Å²) in [6.45, 7) is 3.48. The lowest BCUT2D eigenvalue weighted by atomic mass is 9.87. The molecule has 1 saturated heterocycles. The van der Waals surface area contributed by atoms with Crippen molar-refractivity contribution >= 4 is 0 Å². The van der Waals surface area contributed by atoms with Crippen LogP contribution in [0.25, 0.3) is 0 Å². The number of pyridine rings is 1. The van der Waals surface area contributed by atoms with E-state index in [-0.39, 0.29) is 6.61 Å². The van der Waals surface area contributed by atoms with E-state index in [4.69, 9.17) is 18.9 Å². The van der Waals surface area contributed by atoms with Crippen LogP contribution in [-0.4, -0.2) is 54.6 Å². The molecule has 1 aromatic carbocycles. The van der Waals surface area contributed by atoms with Gasteiger partial charge in [-0.25, -0.2) is 0 Å². The predicted octanol–water partition coefficient (Wildman–Crippen LogP) is 3.47. The molecule has 2 aromatic rings. The van der Waals surface area contributed by atoms with Gasteiger partial charge in [-0.15, -0.1) is 0 Å². The summed E-state index contributed by atoms with van der Waals surface area (Å²) in [6, 6.07) is 8.00. The van der Waals surface area contributed by atoms with Crippen molar-refractivity contribution in [3.63, 3.8) is 0 Å². The van der Waals surface area contributed by atoms with Crippen LogP contribution < -0.4 is 14.2 Å². The highest BCUT2D eigenvalue weighted by molar-refractivity contribution is 5.43. The zero-order chi connectivity index (χ0) is 22.7. The Labute approximate surface area is 189 Å². The third-order valence-corrected chi connectivity index (χ3v) is 6.57. The summed E-state index contributed by atoms with van der Waals surface area (Å²) in [5.74, 6) is 2.23. The Hall–Kier alpha value is -2.61. The minimum Gasteiger partial charge on any atom is -0.493 e. The largest absolute Gasteiger partial charge is 0.493 e. The number of aliphatic hydroxyl groups is 1. The quantitative estimate of drug-likeness (QED) is 0.733. The molecule has 1 fully saturated rings. The molecule has 0 radical (unpaired) electrons. The highest BCUT2D eigenvalue weighted by atomic mass is 16.7. The molecule has 3 unspecified atom stereocenters. The van der Waals surface area contributed by atoms with Gasteiger partial charge in [0.05, 0.1) is 33.1 Å². The summed E-state index contributed by atoms with van der Waals surface area (Å²) in [4.78, 5) is 6.74. The summed E-state index contributed by atoms with van der Waals surface area (Å²) >= 11 is 0. The van der Waals surface area contributed by atoms with Gasteiger partial charge in [-0.2, -0.15) is 0 Å². The minimum atomic E-state index is -0.687. The maximum Gasteiger partial charge on any atom is 0.232 e. The molecule has 0 saturated carbocycles. The van der Waals surface area contributed by atoms with Crippen molar-refractivity contribution in [3.8, 4) is 17.2 Å². The lowest BCUT2D eigenvalue weighted by Gasteiger charge is -2.43. The average molecular weight is 441 g/mol. The summed E-state index contributed by atoms with van der Waals surface area (Å²) in [6.07, 6.45) is 8.09. The van der Waals surface area contributed by atoms with E-state index in [1.165, 1.54) is 6.42 Å². The summed E-state index contributed by atoms with van der Waals surface area (Å²) in [5, 5.41) is 9.47. The van der Waals surface area contributed by atoms with Crippen molar-refractivity contribution in [2.75, 3.05) is 27.8 Å². The lowest BCUT2D eigenvalue weighted by molar-refractivity contribution is -0.187. The average Bonchev–Trinajstić information content (AvgIpc) is 3.19. The maximum atomic E-state index is 9.47. The summed E-state index contributed by atoms with van der Waals surface area (Å²) in [7, 11) is 5.42. The van der Waals surface area contributed by atoms with Gasteiger partial charge in [0.1, 0.15) is 0 Å². The van der Waals surface area contributed by atoms with E-state index in [0.29, 0.717) is 18.6 Å². The van der Waals surface area contributed by atoms with Crippen LogP contribution in [0, 0.1) is 12.8 Å². The molecule has 2 aliphatic heterocycles. The molecule has 7 heteroatoms. The first-order valence-corrected chi connectivity index (χ1v) is 11.0. The van der Waals surface area contributed by atoms with Crippen LogP contribution >= 0.6 is 0 Å². The van der Waals surface area contributed by atoms with Crippen LogP contribution in [0.1, 0.15) is 29.7 Å². The third-order valence-electron chi connectivity index (χ3n) is 6.57. The Morgan fingerprint density at radius 1 is 1.22 bits per heavy atom. The number of para-hydroxylation sites is 2. The fourth-order valence-electron chi connectivity index (χ4n) is 4.67. The monoisotopic (exact) mass is 440 g/mol. The second kappa shape index (κ2) is 9.48. The highest BCUT2D eigenvalue weighted by Gasteiger charge is 2.46. The number of fused-ring (bicyclic) bond motifs is 2. The van der Waals surface area contributed by atoms with E-state index in [1.54, 1.807) is 20.4 Å². The van der Waals surface area contributed by atoms with Crippen LogP contribution in [-0.2, 0) is 18.0 Å². The zero-order valence-electron chi connectivity index (χ0n) is 19.2. The Balaban J connectivity index is 0.000000207. The first-order chi connectivity index (χ1) is 15.5. The van der Waals surface area contributed by atoms with Crippen molar-refractivity contribution in [2.24, 2.45) is 5.92 Å². The Bertz CT molecular complexity index is 956. The molecule has 32 heavy (non-hydrogen) atoms. The van der Waals surface area contributed by atoms with E-state index in [0.717, 1.165) is 47.0 Å². The van der Waals surface area contributed by atoms with Crippen LogP contribution in [0.15, 0.2) is 42.6 Å². The highest BCUT2D eigenvalue weighted by Crippen LogP contribution is 2.43. The molecule has 3 atom stereocenters. The number of hydrogen-bond acceptors (Lipinski definition) is 7. The molecular weight excluding hydrogens is 408 g/mol. The van der Waals surface area contributed by atoms with Gasteiger partial charge in [-0.1, -0.05) is 18.2 Å². The number of aliphatic hydroxyl groups excluding tert-OH is 1. The number of ether oxygens (including phenoxy) is 4. The molecule has 1 aromatic heterocycles. The normalized spacial score (nSPS) is 25.9. The zero-order valence-corrected chi connectivity index (χ0v) is 19.2. The third kappa shape index (κ3) is 4.33. The Kier molecular flexibility index (Phi) is 6.69. The van der Waals surface area contributed by atoms with Gasteiger partial charge in [0.25, 0.3) is 0 Å². The van der Waals surface area contributed by atoms with Gasteiger partial charge in [-0.05, 0) is 51.1 Å². The van der Waals surface area contributed by atoms with Crippen molar-refractivity contribution < 1.29 is 24.1 Å². The second-order valence-corrected chi connectivity index (χ2v) is 8.46. The molecule has 3 aliphatic rings. The number of likely N-dealkylation sites (tertiary alicyclic amines) is 1. The van der Waals surface area contributed by atoms with Gasteiger partial charge >= 0.3 is 0 Å². The number of hydrogen-bond donors (Lipinski definition) is 1. The number of aryl methyl sites for hydroxylation is 1. The topological polar surface area (TPSA) is 73.3 Å². The van der Waals surface area contributed by atoms with E-state index in [9.17, 15) is 5.11 Å². The maximum absolute atomic E-state index is 9.47. The van der Waals surface area contributed by atoms with Crippen molar-refractivity contribution in [1.82, 2.24) is 9.88 Å². The molecule has 0 bridgehead atoms. The molecule has 0 amide bonds. The van der Waals surface area contributed by atoms with Crippen molar-refractivity contribution in [3.05, 3.63) is 59.4 Å². The number of aromatic nitrogens is 1. The molecule has 7 nitrogen and oxygen atoms in total. The van der Waals surface area contributed by atoms with Gasteiger partial charge in [0, 0.05) is 29.8 Å². The molecule has 3 heterocycles. The number of nitrogens with zero attached hydrogens (tertiary/aromatic N) is 2. The standard InChI is InChI=1S/C17H22N2O3.C8H10O2/c1-11-16-14(13(9-20)8-18-11)10-21-17(22-16)5-3-12-4-6-19(2)15(12)7-17;1-9-7-5-3-4-6-8(7)10-2/h3,5,8,12,15,20H,4,6-7,9-10H2,1-2H3;3-6H,1-2H3. The van der Waals surface area contributed by atoms with E-state index in [1.807, 2.05) is 31.2 Å². The number of methoxy groups -OCH3 is 2. The van der Waals surface area contributed by atoms with Gasteiger partial charge in [-0.3, -0.25) is 4.98 Å². The van der Waals surface area contributed by atoms with Gasteiger partial charge in [0.15, 0.2) is 17.2 Å². The number of rotatable bonds is 3. The lowest BCUT2D eigenvalue weighted by Crippen LogP contribution is -2.49. The molecule has 1 spiro atoms. The Morgan fingerprint density at radius 3 is 2.59 bits per heavy atom. The van der Waals surface area contributed by atoms with E-state index >= 15 is 0 Å². The smallest absolute Gasteiger partial charge is 0.232 e. The fraction of sp³-hybridized carbons (Fsp3) is 0.480. The fourth-order valence-corrected chi connectivity index (χ4v) is 4.67. The molecule has 1 aliphatic carbocycles. The predicted molar refractivity (Wildman–Crippen MR) is 121 cm³/mol. The minimum absolute atomic E-state index is 0.0430. The van der Waals surface area contributed by atoms with E-state index < -0.39 is 5.79 Å². The van der Waals surface area contributed by atoms with E-state index in [2.05, 4.69) is 29.1 Å². The first kappa shape index (κ1) is 22.6. The van der Waals surface area contributed by atoms with Gasteiger partial charge in [0.2, 0.25) is 5.79 Å². The SMILES string of the molecule is COc1ccccc1OC.Cc1ncc(CO)c2c1OC1(C=CC3CCN(C)C3C1)OC2. The molecule has 5 rings (SSSR count). The van der Waals surface area contributed by atoms with Crippen LogP contribution in [0.2, 0.25) is 0 Å². The van der Waals surface area contributed by atoms with Gasteiger partial charge < -0.3 is 29.0 Å². The number of benzene rings is 1. The van der Waals surface area contributed by atoms with Crippen molar-refractivity contribution in [1.29, 1.82) is 0 Å². The van der Waals surface area contributed by atoms with Crippen LogP contribution in [0.5, 0.6) is 17.2 Å². The second-order valence-electron chi connectivity index (χ2n) is 8.46. The van der Waals surface area contributed by atoms with Crippen LogP contribution in [0.4, 0.5) is 0 Å². The first-order valence-electron chi connectivity index (χ1n) is 11.0. The van der Waals surface area contributed by atoms with Crippen LogP contribution in [0.3, 0.4) is 0 Å². The Morgan fingerprint density at radius 2 is 1.94 bits per heavy atom. The van der Waals surface area contributed by atoms with Crippen molar-refractivity contribution in [2.45, 2.75) is 44.8 Å². The molecule has 1 N–H and O–H groups in total. The summed E-state index contributed by atoms with van der Waals surface area (Å²) < 4.78 is 22.4. The summed E-state index contributed by atoms with van der Waals surface area (Å²) in [5.41, 5.74) is 2.56. The molecular formula is C25H32N2O5.